The fraction of sp³-hybridized carbons (Fsp3) is 0.367. The van der Waals surface area contributed by atoms with Crippen molar-refractivity contribution in [3.05, 3.63) is 66.1 Å². The number of hydrogen-bond acceptors (Lipinski definition) is 8. The minimum atomic E-state index is -3.80. The van der Waals surface area contributed by atoms with Crippen LogP contribution in [0.25, 0.3) is 27.8 Å². The molecule has 0 unspecified atom stereocenters. The number of nitrogens with one attached hydrogen (secondary N) is 1. The summed E-state index contributed by atoms with van der Waals surface area (Å²) in [6.07, 6.45) is 6.36. The molecule has 2 fully saturated rings. The lowest BCUT2D eigenvalue weighted by atomic mass is 9.73. The molecule has 1 aliphatic heterocycles. The molecule has 0 bridgehead atoms. The molecule has 0 atom stereocenters. The van der Waals surface area contributed by atoms with Crippen molar-refractivity contribution in [2.75, 3.05) is 24.2 Å². The van der Waals surface area contributed by atoms with Gasteiger partial charge in [0.15, 0.2) is 5.65 Å². The van der Waals surface area contributed by atoms with Crippen LogP contribution in [0.4, 0.5) is 5.82 Å². The second kappa shape index (κ2) is 10.6. The highest BCUT2D eigenvalue weighted by Crippen LogP contribution is 2.45. The zero-order valence-corrected chi connectivity index (χ0v) is 23.8. The number of para-hydroxylation sites is 1. The van der Waals surface area contributed by atoms with Gasteiger partial charge in [0.2, 0.25) is 10.0 Å². The fourth-order valence-corrected chi connectivity index (χ4v) is 6.28. The maximum Gasteiger partial charge on any atom is 0.283 e. The van der Waals surface area contributed by atoms with Gasteiger partial charge >= 0.3 is 0 Å². The third kappa shape index (κ3) is 5.39. The highest BCUT2D eigenvalue weighted by molar-refractivity contribution is 7.89. The molecule has 10 nitrogen and oxygen atoms in total. The number of amides is 1. The van der Waals surface area contributed by atoms with Gasteiger partial charge in [0.25, 0.3) is 5.91 Å². The molecule has 41 heavy (non-hydrogen) atoms. The molecule has 1 N–H and O–H groups in total. The predicted octanol–water partition coefficient (Wildman–Crippen LogP) is 4.43. The molecular weight excluding hydrogens is 538 g/mol. The Morgan fingerprint density at radius 3 is 2.44 bits per heavy atom. The van der Waals surface area contributed by atoms with Crippen molar-refractivity contribution in [1.29, 1.82) is 5.26 Å². The van der Waals surface area contributed by atoms with Gasteiger partial charge < -0.3 is 4.90 Å². The van der Waals surface area contributed by atoms with E-state index in [1.165, 1.54) is 0 Å². The molecular formula is C30H31N7O3S. The topological polar surface area (TPSA) is 134 Å². The summed E-state index contributed by atoms with van der Waals surface area (Å²) in [4.78, 5) is 24.7. The number of benzene rings is 1. The van der Waals surface area contributed by atoms with E-state index in [1.807, 2.05) is 42.5 Å². The Kier molecular flexibility index (Phi) is 6.95. The predicted molar refractivity (Wildman–Crippen MR) is 156 cm³/mol. The second-order valence-corrected chi connectivity index (χ2v) is 12.9. The normalized spacial score (nSPS) is 19.5. The van der Waals surface area contributed by atoms with Gasteiger partial charge in [0, 0.05) is 36.7 Å². The van der Waals surface area contributed by atoms with Crippen LogP contribution in [0.3, 0.4) is 0 Å². The van der Waals surface area contributed by atoms with Crippen molar-refractivity contribution >= 4 is 32.8 Å². The highest BCUT2D eigenvalue weighted by atomic mass is 32.2. The standard InChI is InChI=1S/C30H31N7O3S/c1-19-14-22(15-19)28-27-24(21-8-9-26(32-18-21)36-12-10-20(17-31)11-13-36)16-25(30(38)35-41(2,39)40)33-29(27)37(34-28)23-6-4-3-5-7-23/h3-9,16,18-20,22H,10-15H2,1-2H3,(H,35,38)/t19-,22-. The van der Waals surface area contributed by atoms with E-state index in [0.29, 0.717) is 11.6 Å². The van der Waals surface area contributed by atoms with Crippen LogP contribution in [0.15, 0.2) is 54.7 Å². The van der Waals surface area contributed by atoms with Gasteiger partial charge in [-0.1, -0.05) is 25.1 Å². The largest absolute Gasteiger partial charge is 0.357 e. The van der Waals surface area contributed by atoms with E-state index in [1.54, 1.807) is 16.9 Å². The first-order chi connectivity index (χ1) is 19.7. The molecule has 1 saturated carbocycles. The molecule has 3 aromatic heterocycles. The number of anilines is 1. The quantitative estimate of drug-likeness (QED) is 0.361. The van der Waals surface area contributed by atoms with E-state index in [0.717, 1.165) is 78.7 Å². The third-order valence-corrected chi connectivity index (χ3v) is 8.55. The molecule has 1 aromatic carbocycles. The van der Waals surface area contributed by atoms with Crippen LogP contribution in [0.1, 0.15) is 54.7 Å². The molecule has 4 aromatic rings. The lowest BCUT2D eigenvalue weighted by Gasteiger charge is -2.31. The zero-order valence-electron chi connectivity index (χ0n) is 23.0. The molecule has 210 valence electrons. The zero-order chi connectivity index (χ0) is 28.7. The summed E-state index contributed by atoms with van der Waals surface area (Å²) in [6, 6.07) is 17.5. The number of sulfonamides is 1. The molecule has 0 radical (unpaired) electrons. The molecule has 0 spiro atoms. The Hall–Kier alpha value is -4.30. The molecule has 6 rings (SSSR count). The third-order valence-electron chi connectivity index (χ3n) is 8.00. The van der Waals surface area contributed by atoms with Crippen molar-refractivity contribution in [2.24, 2.45) is 11.8 Å². The molecule has 1 amide bonds. The summed E-state index contributed by atoms with van der Waals surface area (Å²) in [6.45, 7) is 3.77. The first-order valence-electron chi connectivity index (χ1n) is 13.8. The minimum absolute atomic E-state index is 0.0221. The second-order valence-electron chi connectivity index (χ2n) is 11.2. The van der Waals surface area contributed by atoms with E-state index >= 15 is 0 Å². The van der Waals surface area contributed by atoms with E-state index in [4.69, 9.17) is 10.1 Å². The summed E-state index contributed by atoms with van der Waals surface area (Å²) >= 11 is 0. The van der Waals surface area contributed by atoms with Crippen molar-refractivity contribution in [3.63, 3.8) is 0 Å². The van der Waals surface area contributed by atoms with E-state index in [-0.39, 0.29) is 17.5 Å². The number of nitriles is 1. The fourth-order valence-electron chi connectivity index (χ4n) is 5.84. The van der Waals surface area contributed by atoms with Gasteiger partial charge in [-0.05, 0) is 67.5 Å². The number of piperidine rings is 1. The molecule has 1 aliphatic carbocycles. The van der Waals surface area contributed by atoms with Crippen LogP contribution in [0.2, 0.25) is 0 Å². The number of hydrogen-bond donors (Lipinski definition) is 1. The maximum absolute atomic E-state index is 13.1. The molecule has 1 saturated heterocycles. The van der Waals surface area contributed by atoms with Crippen molar-refractivity contribution in [1.82, 2.24) is 24.5 Å². The van der Waals surface area contributed by atoms with Crippen molar-refractivity contribution in [2.45, 2.75) is 38.5 Å². The number of pyridine rings is 2. The average molecular weight is 570 g/mol. The Labute approximate surface area is 239 Å². The number of carbonyl (C=O) groups excluding carboxylic acids is 1. The van der Waals surface area contributed by atoms with Gasteiger partial charge in [-0.25, -0.2) is 27.8 Å². The number of rotatable bonds is 6. The first kappa shape index (κ1) is 26.9. The van der Waals surface area contributed by atoms with Gasteiger partial charge in [0.1, 0.15) is 11.5 Å². The van der Waals surface area contributed by atoms with Crippen molar-refractivity contribution in [3.8, 4) is 22.9 Å². The van der Waals surface area contributed by atoms with Crippen LogP contribution in [0.5, 0.6) is 0 Å². The van der Waals surface area contributed by atoms with Crippen LogP contribution in [-0.4, -0.2) is 53.4 Å². The smallest absolute Gasteiger partial charge is 0.283 e. The summed E-state index contributed by atoms with van der Waals surface area (Å²) < 4.78 is 27.6. The summed E-state index contributed by atoms with van der Waals surface area (Å²) in [5.41, 5.74) is 3.69. The lowest BCUT2D eigenvalue weighted by Crippen LogP contribution is -2.33. The van der Waals surface area contributed by atoms with Crippen LogP contribution < -0.4 is 9.62 Å². The Morgan fingerprint density at radius 1 is 1.10 bits per heavy atom. The highest BCUT2D eigenvalue weighted by Gasteiger charge is 2.33. The van der Waals surface area contributed by atoms with Gasteiger partial charge in [-0.3, -0.25) is 4.79 Å². The Bertz CT molecular complexity index is 1750. The van der Waals surface area contributed by atoms with Crippen LogP contribution >= 0.6 is 0 Å². The van der Waals surface area contributed by atoms with E-state index in [2.05, 4.69) is 27.6 Å². The number of aromatic nitrogens is 4. The lowest BCUT2D eigenvalue weighted by molar-refractivity contribution is 0.0977. The summed E-state index contributed by atoms with van der Waals surface area (Å²) in [7, 11) is -3.80. The Morgan fingerprint density at radius 2 is 1.83 bits per heavy atom. The molecule has 2 aliphatic rings. The number of fused-ring (bicyclic) bond motifs is 1. The minimum Gasteiger partial charge on any atom is -0.357 e. The molecule has 11 heteroatoms. The number of nitrogens with zero attached hydrogens (tertiary/aromatic N) is 6. The van der Waals surface area contributed by atoms with Gasteiger partial charge in [-0.2, -0.15) is 10.4 Å². The SMILES string of the molecule is CS(=O)(=O)NC(=O)c1cc(-c2ccc(N3CCC(C#N)CC3)nc2)c2c(n1)n(-c1ccccc1)nc2[C@H]1C[C@H](C)C1. The van der Waals surface area contributed by atoms with E-state index < -0.39 is 15.9 Å². The maximum atomic E-state index is 13.1. The summed E-state index contributed by atoms with van der Waals surface area (Å²) in [5, 5.41) is 15.1. The van der Waals surface area contributed by atoms with Gasteiger partial charge in [-0.15, -0.1) is 0 Å². The van der Waals surface area contributed by atoms with Gasteiger partial charge in [0.05, 0.1) is 29.1 Å². The average Bonchev–Trinajstić information content (AvgIpc) is 3.34. The van der Waals surface area contributed by atoms with Crippen molar-refractivity contribution < 1.29 is 13.2 Å². The van der Waals surface area contributed by atoms with E-state index in [9.17, 15) is 18.5 Å². The summed E-state index contributed by atoms with van der Waals surface area (Å²) in [5.74, 6) is 0.960. The van der Waals surface area contributed by atoms with Crippen LogP contribution in [-0.2, 0) is 10.0 Å². The first-order valence-corrected chi connectivity index (χ1v) is 15.7. The number of carbonyl (C=O) groups is 1. The monoisotopic (exact) mass is 569 g/mol. The Balaban J connectivity index is 1.50. The van der Waals surface area contributed by atoms with Crippen LogP contribution in [0, 0.1) is 23.2 Å². The molecule has 4 heterocycles.